The third-order valence-electron chi connectivity index (χ3n) is 4.58. The van der Waals surface area contributed by atoms with Gasteiger partial charge in [0.05, 0.1) is 5.56 Å². The third kappa shape index (κ3) is 2.51. The maximum Gasteiger partial charge on any atom is 0.253 e. The molecule has 112 valence electrons. The molecule has 0 spiro atoms. The Morgan fingerprint density at radius 1 is 1.33 bits per heavy atom. The lowest BCUT2D eigenvalue weighted by molar-refractivity contribution is 0.0621. The molecule has 3 saturated heterocycles. The molecule has 5 rings (SSSR count). The lowest BCUT2D eigenvalue weighted by Crippen LogP contribution is -2.57. The fourth-order valence-electron chi connectivity index (χ4n) is 3.44. The molecule has 1 unspecified atom stereocenters. The van der Waals surface area contributed by atoms with Gasteiger partial charge in [0.1, 0.15) is 5.52 Å². The molecule has 1 N–H and O–H groups in total. The molecule has 0 radical (unpaired) electrons. The summed E-state index contributed by atoms with van der Waals surface area (Å²) in [4.78, 5) is 19.1. The van der Waals surface area contributed by atoms with Gasteiger partial charge in [0.15, 0.2) is 12.0 Å². The second kappa shape index (κ2) is 5.66. The van der Waals surface area contributed by atoms with Gasteiger partial charge in [-0.2, -0.15) is 0 Å². The Balaban J connectivity index is 0.00000132. The van der Waals surface area contributed by atoms with Crippen LogP contribution in [0.25, 0.3) is 11.1 Å². The maximum absolute atomic E-state index is 12.5. The van der Waals surface area contributed by atoms with Crippen molar-refractivity contribution in [3.8, 4) is 0 Å². The van der Waals surface area contributed by atoms with E-state index in [1.165, 1.54) is 32.3 Å². The van der Waals surface area contributed by atoms with Crippen molar-refractivity contribution < 1.29 is 9.21 Å². The number of fused-ring (bicyclic) bond motifs is 4. The van der Waals surface area contributed by atoms with Gasteiger partial charge in [-0.3, -0.25) is 4.79 Å². The molecular weight excluding hydrogens is 290 g/mol. The van der Waals surface area contributed by atoms with E-state index in [9.17, 15) is 4.79 Å². The monoisotopic (exact) mass is 307 g/mol. The van der Waals surface area contributed by atoms with Crippen LogP contribution in [-0.2, 0) is 0 Å². The molecule has 21 heavy (non-hydrogen) atoms. The highest BCUT2D eigenvalue weighted by Crippen LogP contribution is 2.28. The highest BCUT2D eigenvalue weighted by atomic mass is 35.5. The summed E-state index contributed by atoms with van der Waals surface area (Å²) in [7, 11) is 0. The van der Waals surface area contributed by atoms with E-state index in [1.807, 2.05) is 18.2 Å². The first-order valence-corrected chi connectivity index (χ1v) is 7.17. The number of carbonyl (C=O) groups is 1. The number of para-hydroxylation sites is 1. The predicted octanol–water partition coefficient (Wildman–Crippen LogP) is 2.07. The Hall–Kier alpha value is -1.59. The normalized spacial score (nSPS) is 27.3. The number of oxazole rings is 1. The summed E-state index contributed by atoms with van der Waals surface area (Å²) >= 11 is 0. The van der Waals surface area contributed by atoms with E-state index < -0.39 is 0 Å². The van der Waals surface area contributed by atoms with E-state index >= 15 is 0 Å². The van der Waals surface area contributed by atoms with Gasteiger partial charge in [0, 0.05) is 12.6 Å². The lowest BCUT2D eigenvalue weighted by Gasteiger charge is -2.44. The molecule has 1 aromatic carbocycles. The van der Waals surface area contributed by atoms with Crippen LogP contribution in [0.3, 0.4) is 0 Å². The van der Waals surface area contributed by atoms with Crippen molar-refractivity contribution >= 4 is 29.4 Å². The molecule has 0 aliphatic carbocycles. The smallest absolute Gasteiger partial charge is 0.253 e. The highest BCUT2D eigenvalue weighted by molar-refractivity contribution is 6.04. The first kappa shape index (κ1) is 14.4. The van der Waals surface area contributed by atoms with Gasteiger partial charge in [0.25, 0.3) is 5.91 Å². The van der Waals surface area contributed by atoms with Crippen LogP contribution in [0, 0.1) is 5.92 Å². The SMILES string of the molecule is Cl.O=C(NC1CN2CCC1CC2)c1cccc2ocnc12. The molecule has 3 aliphatic rings. The number of nitrogens with one attached hydrogen (secondary N) is 1. The Bertz CT molecular complexity index is 649. The summed E-state index contributed by atoms with van der Waals surface area (Å²) in [6.45, 7) is 3.33. The summed E-state index contributed by atoms with van der Waals surface area (Å²) in [5.41, 5.74) is 1.91. The Kier molecular flexibility index (Phi) is 3.87. The average Bonchev–Trinajstić information content (AvgIpc) is 2.96. The first-order chi connectivity index (χ1) is 9.81. The first-order valence-electron chi connectivity index (χ1n) is 7.17. The number of hydrogen-bond donors (Lipinski definition) is 1. The van der Waals surface area contributed by atoms with Crippen molar-refractivity contribution in [2.24, 2.45) is 5.92 Å². The zero-order valence-corrected chi connectivity index (χ0v) is 12.4. The summed E-state index contributed by atoms with van der Waals surface area (Å²) < 4.78 is 5.25. The number of aromatic nitrogens is 1. The molecule has 3 aliphatic heterocycles. The quantitative estimate of drug-likeness (QED) is 0.923. The zero-order valence-electron chi connectivity index (χ0n) is 11.6. The Labute approximate surface area is 129 Å². The molecule has 2 bridgehead atoms. The molecule has 0 saturated carbocycles. The van der Waals surface area contributed by atoms with E-state index in [4.69, 9.17) is 4.42 Å². The average molecular weight is 308 g/mol. The summed E-state index contributed by atoms with van der Waals surface area (Å²) in [6, 6.07) is 5.74. The van der Waals surface area contributed by atoms with Crippen LogP contribution in [0.1, 0.15) is 23.2 Å². The van der Waals surface area contributed by atoms with Gasteiger partial charge in [-0.1, -0.05) is 6.07 Å². The maximum atomic E-state index is 12.5. The second-order valence-electron chi connectivity index (χ2n) is 5.72. The van der Waals surface area contributed by atoms with E-state index in [0.29, 0.717) is 22.6 Å². The van der Waals surface area contributed by atoms with Crippen molar-refractivity contribution in [1.29, 1.82) is 0 Å². The van der Waals surface area contributed by atoms with Gasteiger partial charge < -0.3 is 14.6 Å². The van der Waals surface area contributed by atoms with E-state index in [-0.39, 0.29) is 24.4 Å². The van der Waals surface area contributed by atoms with Gasteiger partial charge in [0.2, 0.25) is 0 Å². The van der Waals surface area contributed by atoms with Crippen molar-refractivity contribution in [2.45, 2.75) is 18.9 Å². The minimum Gasteiger partial charge on any atom is -0.443 e. The summed E-state index contributed by atoms with van der Waals surface area (Å²) in [5.74, 6) is 0.587. The standard InChI is InChI=1S/C15H17N3O2.ClH/c19-15(11-2-1-3-13-14(11)16-9-20-13)17-12-8-18-6-4-10(12)5-7-18;/h1-3,9-10,12H,4-8H2,(H,17,19);1H. The van der Waals surface area contributed by atoms with E-state index in [0.717, 1.165) is 6.54 Å². The lowest BCUT2D eigenvalue weighted by atomic mass is 9.84. The molecule has 1 atom stereocenters. The fraction of sp³-hybridized carbons (Fsp3) is 0.467. The second-order valence-corrected chi connectivity index (χ2v) is 5.72. The molecule has 5 nitrogen and oxygen atoms in total. The largest absolute Gasteiger partial charge is 0.443 e. The van der Waals surface area contributed by atoms with Crippen LogP contribution in [0.5, 0.6) is 0 Å². The molecule has 4 heterocycles. The number of halogens is 1. The summed E-state index contributed by atoms with van der Waals surface area (Å²) in [5, 5.41) is 3.19. The van der Waals surface area contributed by atoms with E-state index in [1.54, 1.807) is 0 Å². The van der Waals surface area contributed by atoms with Crippen molar-refractivity contribution in [3.05, 3.63) is 30.2 Å². The fourth-order valence-corrected chi connectivity index (χ4v) is 3.44. The zero-order chi connectivity index (χ0) is 13.5. The number of piperidine rings is 3. The highest BCUT2D eigenvalue weighted by Gasteiger charge is 2.35. The number of amides is 1. The van der Waals surface area contributed by atoms with Crippen LogP contribution >= 0.6 is 12.4 Å². The molecule has 1 amide bonds. The topological polar surface area (TPSA) is 58.4 Å². The number of nitrogens with zero attached hydrogens (tertiary/aromatic N) is 2. The van der Waals surface area contributed by atoms with Crippen LogP contribution in [0.15, 0.2) is 29.0 Å². The van der Waals surface area contributed by atoms with E-state index in [2.05, 4.69) is 15.2 Å². The number of rotatable bonds is 2. The minimum absolute atomic E-state index is 0. The molecule has 6 heteroatoms. The van der Waals surface area contributed by atoms with Gasteiger partial charge in [-0.05, 0) is 44.0 Å². The molecular formula is C15H18ClN3O2. The Morgan fingerprint density at radius 3 is 2.86 bits per heavy atom. The number of carbonyl (C=O) groups excluding carboxylic acids is 1. The van der Waals surface area contributed by atoms with Crippen molar-refractivity contribution in [1.82, 2.24) is 15.2 Å². The van der Waals surface area contributed by atoms with Gasteiger partial charge in [-0.25, -0.2) is 4.98 Å². The molecule has 3 fully saturated rings. The number of hydrogen-bond acceptors (Lipinski definition) is 4. The van der Waals surface area contributed by atoms with Gasteiger partial charge in [-0.15, -0.1) is 12.4 Å². The van der Waals surface area contributed by atoms with Crippen LogP contribution < -0.4 is 5.32 Å². The Morgan fingerprint density at radius 2 is 2.14 bits per heavy atom. The molecule has 1 aromatic heterocycles. The number of benzene rings is 1. The van der Waals surface area contributed by atoms with Crippen LogP contribution in [0.2, 0.25) is 0 Å². The minimum atomic E-state index is -0.0387. The molecule has 2 aromatic rings. The van der Waals surface area contributed by atoms with Crippen molar-refractivity contribution in [2.75, 3.05) is 19.6 Å². The van der Waals surface area contributed by atoms with Crippen LogP contribution in [0.4, 0.5) is 0 Å². The third-order valence-corrected chi connectivity index (χ3v) is 4.58. The van der Waals surface area contributed by atoms with Gasteiger partial charge >= 0.3 is 0 Å². The van der Waals surface area contributed by atoms with Crippen LogP contribution in [-0.4, -0.2) is 41.5 Å². The predicted molar refractivity (Wildman–Crippen MR) is 81.7 cm³/mol. The van der Waals surface area contributed by atoms with Crippen molar-refractivity contribution in [3.63, 3.8) is 0 Å². The summed E-state index contributed by atoms with van der Waals surface area (Å²) in [6.07, 6.45) is 3.77.